The third kappa shape index (κ3) is 5.51. The second kappa shape index (κ2) is 9.49. The molecule has 35 heavy (non-hydrogen) atoms. The average molecular weight is 515 g/mol. The van der Waals surface area contributed by atoms with Crippen molar-refractivity contribution in [3.63, 3.8) is 0 Å². The molecule has 0 aliphatic carbocycles. The number of terminal acetylenes is 1. The Morgan fingerprint density at radius 3 is 2.51 bits per heavy atom. The van der Waals surface area contributed by atoms with E-state index in [1.54, 1.807) is 4.90 Å². The topological polar surface area (TPSA) is 136 Å². The van der Waals surface area contributed by atoms with E-state index in [1.165, 1.54) is 13.1 Å². The van der Waals surface area contributed by atoms with Gasteiger partial charge >= 0.3 is 11.9 Å². The van der Waals surface area contributed by atoms with Crippen LogP contribution in [0.5, 0.6) is 0 Å². The molecule has 14 heteroatoms. The summed E-state index contributed by atoms with van der Waals surface area (Å²) in [4.78, 5) is 17.7. The van der Waals surface area contributed by atoms with E-state index in [-0.39, 0.29) is 47.6 Å². The lowest BCUT2D eigenvalue weighted by molar-refractivity contribution is -0.140. The number of hydrogen-bond donors (Lipinski definition) is 3. The van der Waals surface area contributed by atoms with Crippen LogP contribution in [-0.2, 0) is 23.1 Å². The number of aromatic nitrogens is 2. The summed E-state index contributed by atoms with van der Waals surface area (Å²) in [6.07, 6.45) is 1.85. The third-order valence-electron chi connectivity index (χ3n) is 5.48. The van der Waals surface area contributed by atoms with Crippen LogP contribution in [0.25, 0.3) is 6.08 Å². The van der Waals surface area contributed by atoms with E-state index in [4.69, 9.17) is 17.9 Å². The minimum Gasteiger partial charge on any atom is -0.385 e. The number of anilines is 2. The van der Waals surface area contributed by atoms with E-state index >= 15 is 0 Å². The summed E-state index contributed by atoms with van der Waals surface area (Å²) in [5.74, 6) is 0.126. The molecule has 1 aliphatic heterocycles. The first-order valence-electron chi connectivity index (χ1n) is 10.1. The Labute approximate surface area is 198 Å². The number of alkyl halides is 3. The SMILES string of the molecule is C#C[C@@H](Nc1nc(=O)n(C)c(N)c1/C=C(\N)N1CCS(=O)(=O)CC1)c1cccc(C(F)(F)F)c1F. The van der Waals surface area contributed by atoms with Crippen molar-refractivity contribution in [3.8, 4) is 12.3 Å². The number of nitrogen functional groups attached to an aromatic ring is 1. The van der Waals surface area contributed by atoms with E-state index in [9.17, 15) is 30.8 Å². The maximum absolute atomic E-state index is 14.7. The van der Waals surface area contributed by atoms with Crippen molar-refractivity contribution < 1.29 is 26.0 Å². The van der Waals surface area contributed by atoms with E-state index < -0.39 is 44.7 Å². The quantitative estimate of drug-likeness (QED) is 0.401. The van der Waals surface area contributed by atoms with Crippen molar-refractivity contribution in [3.05, 3.63) is 57.0 Å². The minimum atomic E-state index is -4.95. The number of rotatable bonds is 5. The van der Waals surface area contributed by atoms with Crippen LogP contribution in [0.15, 0.2) is 28.8 Å². The Bertz CT molecular complexity index is 1370. The first kappa shape index (κ1) is 25.9. The molecular weight excluding hydrogens is 492 g/mol. The van der Waals surface area contributed by atoms with E-state index in [2.05, 4.69) is 16.2 Å². The highest BCUT2D eigenvalue weighted by molar-refractivity contribution is 7.91. The highest BCUT2D eigenvalue weighted by Crippen LogP contribution is 2.35. The second-order valence-electron chi connectivity index (χ2n) is 7.76. The summed E-state index contributed by atoms with van der Waals surface area (Å²) in [5, 5.41) is 2.60. The zero-order valence-electron chi connectivity index (χ0n) is 18.4. The zero-order valence-corrected chi connectivity index (χ0v) is 19.3. The molecular formula is C21H22F4N6O3S. The van der Waals surface area contributed by atoms with Crippen LogP contribution in [0.4, 0.5) is 29.2 Å². The number of nitrogens with one attached hydrogen (secondary N) is 1. The van der Waals surface area contributed by atoms with Crippen LogP contribution in [0.1, 0.15) is 22.7 Å². The molecule has 0 bridgehead atoms. The van der Waals surface area contributed by atoms with Gasteiger partial charge in [0.2, 0.25) is 0 Å². The van der Waals surface area contributed by atoms with Crippen LogP contribution < -0.4 is 22.5 Å². The smallest absolute Gasteiger partial charge is 0.385 e. The Balaban J connectivity index is 2.05. The Morgan fingerprint density at radius 1 is 1.31 bits per heavy atom. The molecule has 0 saturated carbocycles. The van der Waals surface area contributed by atoms with Crippen LogP contribution in [0, 0.1) is 18.2 Å². The van der Waals surface area contributed by atoms with Gasteiger partial charge in [0.15, 0.2) is 9.84 Å². The van der Waals surface area contributed by atoms with Crippen LogP contribution in [0.3, 0.4) is 0 Å². The summed E-state index contributed by atoms with van der Waals surface area (Å²) < 4.78 is 78.5. The molecule has 0 radical (unpaired) electrons. The molecule has 1 saturated heterocycles. The molecule has 1 atom stereocenters. The minimum absolute atomic E-state index is 0.0608. The lowest BCUT2D eigenvalue weighted by Crippen LogP contribution is -2.41. The average Bonchev–Trinajstić information content (AvgIpc) is 2.77. The molecule has 2 aromatic rings. The van der Waals surface area contributed by atoms with Gasteiger partial charge in [-0.05, 0) is 12.1 Å². The molecule has 9 nitrogen and oxygen atoms in total. The van der Waals surface area contributed by atoms with E-state index in [1.807, 2.05) is 0 Å². The molecule has 2 heterocycles. The highest BCUT2D eigenvalue weighted by atomic mass is 32.2. The standard InChI is InChI=1S/C21H22F4N6O3S/c1-3-15(12-5-4-6-14(17(12)22)21(23,24)25)28-19-13(18(27)30(2)20(32)29-19)11-16(26)31-7-9-35(33,34)10-8-31/h1,4-6,11,15H,7-10,26-27H2,2H3,(H,28,29,32)/b16-11+/t15-/m1/s1. The maximum atomic E-state index is 14.7. The maximum Gasteiger partial charge on any atom is 0.419 e. The third-order valence-corrected chi connectivity index (χ3v) is 7.09. The molecule has 1 aromatic carbocycles. The number of benzene rings is 1. The predicted octanol–water partition coefficient (Wildman–Crippen LogP) is 1.29. The van der Waals surface area contributed by atoms with Gasteiger partial charge in [0.1, 0.15) is 23.5 Å². The molecule has 188 valence electrons. The summed E-state index contributed by atoms with van der Waals surface area (Å²) in [6, 6.07) is 1.20. The first-order valence-corrected chi connectivity index (χ1v) is 11.9. The van der Waals surface area contributed by atoms with Crippen LogP contribution in [-0.4, -0.2) is 47.5 Å². The second-order valence-corrected chi connectivity index (χ2v) is 10.1. The fraction of sp³-hybridized carbons (Fsp3) is 0.333. The first-order chi connectivity index (χ1) is 16.2. The monoisotopic (exact) mass is 514 g/mol. The molecule has 0 amide bonds. The van der Waals surface area contributed by atoms with Crippen LogP contribution >= 0.6 is 0 Å². The van der Waals surface area contributed by atoms with Crippen molar-refractivity contribution in [2.24, 2.45) is 12.8 Å². The number of hydrogen-bond acceptors (Lipinski definition) is 8. The Hall–Kier alpha value is -3.73. The van der Waals surface area contributed by atoms with Crippen molar-refractivity contribution in [2.75, 3.05) is 35.6 Å². The van der Waals surface area contributed by atoms with Gasteiger partial charge in [-0.2, -0.15) is 18.2 Å². The van der Waals surface area contributed by atoms with Crippen LogP contribution in [0.2, 0.25) is 0 Å². The van der Waals surface area contributed by atoms with Gasteiger partial charge in [-0.1, -0.05) is 18.1 Å². The predicted molar refractivity (Wildman–Crippen MR) is 123 cm³/mol. The fourth-order valence-electron chi connectivity index (χ4n) is 3.44. The van der Waals surface area contributed by atoms with Gasteiger partial charge < -0.3 is 21.7 Å². The summed E-state index contributed by atoms with van der Waals surface area (Å²) in [7, 11) is -1.84. The van der Waals surface area contributed by atoms with Gasteiger partial charge in [0.25, 0.3) is 0 Å². The lowest BCUT2D eigenvalue weighted by Gasteiger charge is -2.29. The van der Waals surface area contributed by atoms with Crippen molar-refractivity contribution in [1.29, 1.82) is 0 Å². The molecule has 1 fully saturated rings. The van der Waals surface area contributed by atoms with Crippen molar-refractivity contribution in [2.45, 2.75) is 12.2 Å². The van der Waals surface area contributed by atoms with E-state index in [0.717, 1.165) is 16.7 Å². The van der Waals surface area contributed by atoms with Gasteiger partial charge in [-0.15, -0.1) is 6.42 Å². The van der Waals surface area contributed by atoms with Crippen molar-refractivity contribution in [1.82, 2.24) is 14.5 Å². The van der Waals surface area contributed by atoms with E-state index in [0.29, 0.717) is 6.07 Å². The molecule has 3 rings (SSSR count). The van der Waals surface area contributed by atoms with Gasteiger partial charge in [-0.3, -0.25) is 4.57 Å². The molecule has 5 N–H and O–H groups in total. The van der Waals surface area contributed by atoms with Gasteiger partial charge in [-0.25, -0.2) is 17.6 Å². The fourth-order valence-corrected chi connectivity index (χ4v) is 4.64. The summed E-state index contributed by atoms with van der Waals surface area (Å²) >= 11 is 0. The highest BCUT2D eigenvalue weighted by Gasteiger charge is 2.36. The summed E-state index contributed by atoms with van der Waals surface area (Å²) in [5.41, 5.74) is 9.45. The van der Waals surface area contributed by atoms with Crippen molar-refractivity contribution >= 4 is 27.5 Å². The molecule has 1 aromatic heterocycles. The van der Waals surface area contributed by atoms with Gasteiger partial charge in [0.05, 0.1) is 28.5 Å². The Morgan fingerprint density at radius 2 is 1.94 bits per heavy atom. The summed E-state index contributed by atoms with van der Waals surface area (Å²) in [6.45, 7) is 0.240. The molecule has 0 unspecified atom stereocenters. The lowest BCUT2D eigenvalue weighted by atomic mass is 10.0. The van der Waals surface area contributed by atoms with Gasteiger partial charge in [0, 0.05) is 25.7 Å². The number of halogens is 4. The normalized spacial score (nSPS) is 17.0. The number of nitrogens with two attached hydrogens (primary N) is 2. The number of nitrogens with zero attached hydrogens (tertiary/aromatic N) is 3. The molecule has 0 spiro atoms. The molecule has 1 aliphatic rings. The zero-order chi connectivity index (χ0) is 26.1. The largest absolute Gasteiger partial charge is 0.419 e. The number of sulfone groups is 1. The Kier molecular flexibility index (Phi) is 7.02.